The summed E-state index contributed by atoms with van der Waals surface area (Å²) in [5.41, 5.74) is 5.23. The lowest BCUT2D eigenvalue weighted by molar-refractivity contribution is -0.179. The number of aliphatic hydroxyl groups excluding tert-OH is 1. The number of ether oxygens (including phenoxy) is 3. The highest BCUT2D eigenvalue weighted by Crippen LogP contribution is 2.24. The van der Waals surface area contributed by atoms with E-state index < -0.39 is 31.4 Å². The first kappa shape index (κ1) is 18.1. The van der Waals surface area contributed by atoms with Crippen LogP contribution in [0.5, 0.6) is 11.5 Å². The molecule has 3 N–H and O–H groups in total. The number of amides is 1. The molecule has 1 unspecified atom stereocenters. The fraction of sp³-hybridized carbons (Fsp3) is 0.462. The van der Waals surface area contributed by atoms with Gasteiger partial charge in [-0.1, -0.05) is 0 Å². The predicted octanol–water partition coefficient (Wildman–Crippen LogP) is 1.11. The average Bonchev–Trinajstić information content (AvgIpc) is 2.43. The van der Waals surface area contributed by atoms with Crippen LogP contribution in [0.15, 0.2) is 18.2 Å². The van der Waals surface area contributed by atoms with E-state index in [1.54, 1.807) is 0 Å². The van der Waals surface area contributed by atoms with Crippen molar-refractivity contribution in [3.63, 3.8) is 0 Å². The van der Waals surface area contributed by atoms with E-state index in [0.29, 0.717) is 5.75 Å². The van der Waals surface area contributed by atoms with Crippen molar-refractivity contribution in [3.05, 3.63) is 23.8 Å². The van der Waals surface area contributed by atoms with Crippen LogP contribution in [0.3, 0.4) is 0 Å². The third kappa shape index (κ3) is 6.19. The van der Waals surface area contributed by atoms with Gasteiger partial charge in [0.05, 0.1) is 19.3 Å². The Balaban J connectivity index is 2.57. The summed E-state index contributed by atoms with van der Waals surface area (Å²) < 4.78 is 50.1. The normalized spacial score (nSPS) is 12.8. The molecule has 0 aliphatic rings. The summed E-state index contributed by atoms with van der Waals surface area (Å²) >= 11 is 0. The Kier molecular flexibility index (Phi) is 6.44. The van der Waals surface area contributed by atoms with Gasteiger partial charge in [0.1, 0.15) is 30.8 Å². The van der Waals surface area contributed by atoms with Gasteiger partial charge in [0.25, 0.3) is 5.91 Å². The molecule has 1 atom stereocenters. The molecule has 0 aromatic heterocycles. The smallest absolute Gasteiger partial charge is 0.411 e. The molecule has 0 radical (unpaired) electrons. The quantitative estimate of drug-likeness (QED) is 0.748. The summed E-state index contributed by atoms with van der Waals surface area (Å²) in [5, 5.41) is 9.50. The van der Waals surface area contributed by atoms with Crippen LogP contribution >= 0.6 is 0 Å². The van der Waals surface area contributed by atoms with Gasteiger partial charge in [-0.05, 0) is 12.1 Å². The molecule has 0 spiro atoms. The molecule has 1 amide bonds. The fourth-order valence-electron chi connectivity index (χ4n) is 1.50. The molecule has 0 saturated heterocycles. The lowest BCUT2D eigenvalue weighted by atomic mass is 10.2. The van der Waals surface area contributed by atoms with Gasteiger partial charge < -0.3 is 25.1 Å². The molecule has 9 heteroatoms. The van der Waals surface area contributed by atoms with Gasteiger partial charge in [-0.25, -0.2) is 0 Å². The van der Waals surface area contributed by atoms with E-state index in [4.69, 9.17) is 15.2 Å². The van der Waals surface area contributed by atoms with E-state index in [9.17, 15) is 23.1 Å². The van der Waals surface area contributed by atoms with Crippen molar-refractivity contribution in [1.82, 2.24) is 0 Å². The number of hydrogen-bond donors (Lipinski definition) is 2. The number of carbonyl (C=O) groups is 1. The maximum atomic E-state index is 11.9. The number of halogens is 3. The zero-order valence-corrected chi connectivity index (χ0v) is 11.7. The summed E-state index contributed by atoms with van der Waals surface area (Å²) in [6.45, 7) is -2.39. The molecule has 0 saturated carbocycles. The van der Waals surface area contributed by atoms with Crippen LogP contribution in [-0.2, 0) is 4.74 Å². The Morgan fingerprint density at radius 1 is 1.36 bits per heavy atom. The highest BCUT2D eigenvalue weighted by atomic mass is 19.4. The maximum Gasteiger partial charge on any atom is 0.411 e. The van der Waals surface area contributed by atoms with Crippen molar-refractivity contribution >= 4 is 5.91 Å². The van der Waals surface area contributed by atoms with E-state index in [1.165, 1.54) is 25.3 Å². The zero-order valence-electron chi connectivity index (χ0n) is 11.7. The Morgan fingerprint density at radius 3 is 2.59 bits per heavy atom. The molecular formula is C13H16F3NO5. The third-order valence-electron chi connectivity index (χ3n) is 2.46. The lowest BCUT2D eigenvalue weighted by Crippen LogP contribution is -2.27. The SMILES string of the molecule is COc1ccc(C(N)=O)c(OCC(O)COCC(F)(F)F)c1. The van der Waals surface area contributed by atoms with Crippen molar-refractivity contribution in [2.45, 2.75) is 12.3 Å². The van der Waals surface area contributed by atoms with Crippen LogP contribution in [-0.4, -0.2) is 50.2 Å². The number of primary amides is 1. The molecule has 1 aromatic rings. The van der Waals surface area contributed by atoms with Gasteiger partial charge >= 0.3 is 6.18 Å². The van der Waals surface area contributed by atoms with Crippen molar-refractivity contribution in [2.24, 2.45) is 5.73 Å². The predicted molar refractivity (Wildman–Crippen MR) is 69.9 cm³/mol. The molecule has 22 heavy (non-hydrogen) atoms. The summed E-state index contributed by atoms with van der Waals surface area (Å²) in [5.74, 6) is -0.301. The maximum absolute atomic E-state index is 11.9. The summed E-state index contributed by atoms with van der Waals surface area (Å²) in [4.78, 5) is 11.2. The monoisotopic (exact) mass is 323 g/mol. The number of nitrogens with two attached hydrogens (primary N) is 1. The number of alkyl halides is 3. The molecule has 0 aliphatic heterocycles. The van der Waals surface area contributed by atoms with Crippen LogP contribution in [0.2, 0.25) is 0 Å². The van der Waals surface area contributed by atoms with Crippen LogP contribution in [0, 0.1) is 0 Å². The van der Waals surface area contributed by atoms with E-state index in [-0.39, 0.29) is 17.9 Å². The van der Waals surface area contributed by atoms with Gasteiger partial charge in [0.2, 0.25) is 0 Å². The van der Waals surface area contributed by atoms with Crippen LogP contribution in [0.1, 0.15) is 10.4 Å². The standard InChI is InChI=1S/C13H16F3NO5/c1-20-9-2-3-10(12(17)19)11(4-9)22-6-8(18)5-21-7-13(14,15)16/h2-4,8,18H,5-7H2,1H3,(H2,17,19). The van der Waals surface area contributed by atoms with Crippen LogP contribution < -0.4 is 15.2 Å². The number of rotatable bonds is 8. The summed E-state index contributed by atoms with van der Waals surface area (Å²) in [6.07, 6.45) is -5.76. The van der Waals surface area contributed by atoms with Crippen molar-refractivity contribution < 1.29 is 37.3 Å². The van der Waals surface area contributed by atoms with Gasteiger partial charge in [-0.15, -0.1) is 0 Å². The number of methoxy groups -OCH3 is 1. The number of carbonyl (C=O) groups excluding carboxylic acids is 1. The van der Waals surface area contributed by atoms with Crippen molar-refractivity contribution in [2.75, 3.05) is 26.9 Å². The number of aliphatic hydroxyl groups is 1. The highest BCUT2D eigenvalue weighted by molar-refractivity contribution is 5.95. The minimum absolute atomic E-state index is 0.0571. The van der Waals surface area contributed by atoms with Crippen LogP contribution in [0.25, 0.3) is 0 Å². The van der Waals surface area contributed by atoms with Gasteiger partial charge in [0, 0.05) is 6.07 Å². The molecule has 0 heterocycles. The first-order chi connectivity index (χ1) is 10.2. The van der Waals surface area contributed by atoms with Crippen LogP contribution in [0.4, 0.5) is 13.2 Å². The Labute approximate surface area is 124 Å². The van der Waals surface area contributed by atoms with E-state index >= 15 is 0 Å². The Bertz CT molecular complexity index is 507. The minimum atomic E-state index is -4.47. The highest BCUT2D eigenvalue weighted by Gasteiger charge is 2.27. The second-order valence-corrected chi connectivity index (χ2v) is 4.32. The Morgan fingerprint density at radius 2 is 2.05 bits per heavy atom. The molecule has 1 aromatic carbocycles. The Hall–Kier alpha value is -2.00. The zero-order chi connectivity index (χ0) is 16.8. The minimum Gasteiger partial charge on any atom is -0.497 e. The summed E-state index contributed by atoms with van der Waals surface area (Å²) in [7, 11) is 1.41. The average molecular weight is 323 g/mol. The lowest BCUT2D eigenvalue weighted by Gasteiger charge is -2.15. The molecule has 1 rings (SSSR count). The topological polar surface area (TPSA) is 91.0 Å². The molecule has 6 nitrogen and oxygen atoms in total. The number of hydrogen-bond acceptors (Lipinski definition) is 5. The van der Waals surface area contributed by atoms with Gasteiger partial charge in [-0.3, -0.25) is 4.79 Å². The molecule has 0 bridgehead atoms. The second kappa shape index (κ2) is 7.85. The fourth-order valence-corrected chi connectivity index (χ4v) is 1.50. The molecule has 0 aliphatic carbocycles. The van der Waals surface area contributed by atoms with E-state index in [2.05, 4.69) is 4.74 Å². The van der Waals surface area contributed by atoms with Crippen molar-refractivity contribution in [3.8, 4) is 11.5 Å². The van der Waals surface area contributed by atoms with E-state index in [1.807, 2.05) is 0 Å². The number of benzene rings is 1. The molecule has 124 valence electrons. The van der Waals surface area contributed by atoms with Crippen molar-refractivity contribution in [1.29, 1.82) is 0 Å². The molecule has 0 fully saturated rings. The van der Waals surface area contributed by atoms with Gasteiger partial charge in [0.15, 0.2) is 0 Å². The summed E-state index contributed by atoms with van der Waals surface area (Å²) in [6, 6.07) is 4.25. The first-order valence-electron chi connectivity index (χ1n) is 6.16. The third-order valence-corrected chi connectivity index (χ3v) is 2.46. The first-order valence-corrected chi connectivity index (χ1v) is 6.16. The van der Waals surface area contributed by atoms with Gasteiger partial charge in [-0.2, -0.15) is 13.2 Å². The largest absolute Gasteiger partial charge is 0.497 e. The second-order valence-electron chi connectivity index (χ2n) is 4.32. The molecular weight excluding hydrogens is 307 g/mol. The van der Waals surface area contributed by atoms with E-state index in [0.717, 1.165) is 0 Å².